The van der Waals surface area contributed by atoms with E-state index in [1.54, 1.807) is 0 Å². The molecule has 0 aliphatic heterocycles. The molecule has 1 N–H and O–H groups in total. The molecule has 8 nitrogen and oxygen atoms in total. The number of nitrogens with zero attached hydrogens (tertiary/aromatic N) is 3. The minimum Gasteiger partial charge on any atom is -0.481 e. The third-order valence-electron chi connectivity index (χ3n) is 3.23. The van der Waals surface area contributed by atoms with E-state index in [0.29, 0.717) is 0 Å². The first-order chi connectivity index (χ1) is 12.0. The van der Waals surface area contributed by atoms with E-state index in [1.807, 2.05) is 0 Å². The van der Waals surface area contributed by atoms with Crippen LogP contribution in [0.3, 0.4) is 0 Å². The fourth-order valence-electron chi connectivity index (χ4n) is 2.01. The quantitative estimate of drug-likeness (QED) is 0.766. The van der Waals surface area contributed by atoms with Crippen molar-refractivity contribution in [2.24, 2.45) is 0 Å². The van der Waals surface area contributed by atoms with Crippen LogP contribution in [0.15, 0.2) is 28.8 Å². The highest BCUT2D eigenvalue weighted by molar-refractivity contribution is 7.92. The van der Waals surface area contributed by atoms with Crippen LogP contribution in [0, 0.1) is 0 Å². The zero-order chi connectivity index (χ0) is 19.5. The number of sulfonamides is 1. The van der Waals surface area contributed by atoms with Crippen LogP contribution in [0.1, 0.15) is 23.7 Å². The number of anilines is 1. The number of halogens is 3. The van der Waals surface area contributed by atoms with Gasteiger partial charge in [0.15, 0.2) is 5.82 Å². The number of carboxylic acid groups (broad SMARTS) is 1. The highest BCUT2D eigenvalue weighted by Crippen LogP contribution is 2.31. The normalized spacial score (nSPS) is 12.2. The molecule has 0 fully saturated rings. The van der Waals surface area contributed by atoms with E-state index in [2.05, 4.69) is 10.1 Å². The van der Waals surface area contributed by atoms with Crippen molar-refractivity contribution in [3.8, 4) is 0 Å². The molecule has 0 aliphatic rings. The molecule has 0 unspecified atom stereocenters. The number of aryl methyl sites for hydroxylation is 1. The average Bonchev–Trinajstić information content (AvgIpc) is 2.96. The van der Waals surface area contributed by atoms with Crippen LogP contribution in [-0.4, -0.2) is 35.9 Å². The van der Waals surface area contributed by atoms with Crippen LogP contribution in [0.25, 0.3) is 0 Å². The summed E-state index contributed by atoms with van der Waals surface area (Å²) < 4.78 is 67.5. The van der Waals surface area contributed by atoms with Crippen LogP contribution >= 0.6 is 0 Å². The maximum Gasteiger partial charge on any atom is 0.416 e. The number of hydrogen-bond donors (Lipinski definition) is 1. The zero-order valence-electron chi connectivity index (χ0n) is 13.4. The van der Waals surface area contributed by atoms with Gasteiger partial charge in [0.2, 0.25) is 15.9 Å². The molecule has 1 heterocycles. The minimum absolute atomic E-state index is 0.00242. The Morgan fingerprint density at radius 1 is 1.27 bits per heavy atom. The third-order valence-corrected chi connectivity index (χ3v) is 4.37. The van der Waals surface area contributed by atoms with Crippen molar-refractivity contribution in [3.63, 3.8) is 0 Å². The zero-order valence-corrected chi connectivity index (χ0v) is 14.2. The smallest absolute Gasteiger partial charge is 0.416 e. The number of carbonyl (C=O) groups is 1. The molecule has 0 saturated heterocycles. The van der Waals surface area contributed by atoms with Crippen LogP contribution in [0.5, 0.6) is 0 Å². The lowest BCUT2D eigenvalue weighted by molar-refractivity contribution is -0.138. The number of aromatic nitrogens is 2. The second kappa shape index (κ2) is 7.32. The van der Waals surface area contributed by atoms with Crippen LogP contribution in [-0.2, 0) is 34.0 Å². The average molecular weight is 393 g/mol. The van der Waals surface area contributed by atoms with Crippen molar-refractivity contribution < 1.29 is 36.0 Å². The lowest BCUT2D eigenvalue weighted by Crippen LogP contribution is -2.29. The summed E-state index contributed by atoms with van der Waals surface area (Å²) in [5, 5.41) is 12.2. The monoisotopic (exact) mass is 393 g/mol. The largest absolute Gasteiger partial charge is 0.481 e. The molecule has 26 heavy (non-hydrogen) atoms. The second-order valence-corrected chi connectivity index (χ2v) is 7.22. The van der Waals surface area contributed by atoms with Crippen molar-refractivity contribution in [1.82, 2.24) is 10.1 Å². The van der Waals surface area contributed by atoms with E-state index in [-0.39, 0.29) is 36.8 Å². The summed E-state index contributed by atoms with van der Waals surface area (Å²) in [6.07, 6.45) is -3.92. The number of hydrogen-bond acceptors (Lipinski definition) is 6. The number of benzene rings is 1. The summed E-state index contributed by atoms with van der Waals surface area (Å²) in [5.74, 6) is -1.09. The lowest BCUT2D eigenvalue weighted by Gasteiger charge is -2.21. The van der Waals surface area contributed by atoms with Crippen molar-refractivity contribution in [2.75, 3.05) is 10.6 Å². The third kappa shape index (κ3) is 5.18. The van der Waals surface area contributed by atoms with Gasteiger partial charge in [-0.1, -0.05) is 5.16 Å². The molecule has 142 valence electrons. The van der Waals surface area contributed by atoms with Gasteiger partial charge in [0.25, 0.3) is 0 Å². The first kappa shape index (κ1) is 19.7. The Labute approximate surface area is 146 Å². The Bertz CT molecular complexity index is 878. The maximum atomic E-state index is 12.6. The molecule has 0 atom stereocenters. The first-order valence-corrected chi connectivity index (χ1v) is 9.00. The summed E-state index contributed by atoms with van der Waals surface area (Å²) >= 11 is 0. The molecule has 2 rings (SSSR count). The van der Waals surface area contributed by atoms with Gasteiger partial charge in [-0.15, -0.1) is 0 Å². The number of carboxylic acids is 1. The van der Waals surface area contributed by atoms with Crippen molar-refractivity contribution in [1.29, 1.82) is 0 Å². The number of rotatable bonds is 7. The Balaban J connectivity index is 2.22. The van der Waals surface area contributed by atoms with E-state index in [4.69, 9.17) is 9.63 Å². The van der Waals surface area contributed by atoms with Crippen molar-refractivity contribution >= 4 is 21.7 Å². The predicted octanol–water partition coefficient (Wildman–Crippen LogP) is 2.07. The van der Waals surface area contributed by atoms with E-state index in [9.17, 15) is 26.4 Å². The predicted molar refractivity (Wildman–Crippen MR) is 82.7 cm³/mol. The summed E-state index contributed by atoms with van der Waals surface area (Å²) in [7, 11) is -3.84. The lowest BCUT2D eigenvalue weighted by atomic mass is 10.2. The molecule has 0 aliphatic carbocycles. The highest BCUT2D eigenvalue weighted by atomic mass is 32.2. The van der Waals surface area contributed by atoms with E-state index in [0.717, 1.165) is 34.8 Å². The molecular formula is C14H14F3N3O5S. The molecule has 0 bridgehead atoms. The Kier molecular flexibility index (Phi) is 5.54. The molecule has 0 saturated carbocycles. The van der Waals surface area contributed by atoms with Crippen LogP contribution < -0.4 is 4.31 Å². The van der Waals surface area contributed by atoms with Gasteiger partial charge < -0.3 is 9.63 Å². The SMILES string of the molecule is CS(=O)(=O)N(Cc1noc(CCC(=O)O)n1)c1ccc(C(F)(F)F)cc1. The van der Waals surface area contributed by atoms with Gasteiger partial charge in [-0.05, 0) is 24.3 Å². The van der Waals surface area contributed by atoms with Crippen molar-refractivity contribution in [2.45, 2.75) is 25.6 Å². The molecular weight excluding hydrogens is 379 g/mol. The molecule has 1 aromatic carbocycles. The Morgan fingerprint density at radius 3 is 2.38 bits per heavy atom. The summed E-state index contributed by atoms with van der Waals surface area (Å²) in [6, 6.07) is 3.58. The summed E-state index contributed by atoms with van der Waals surface area (Å²) in [5.41, 5.74) is -0.914. The van der Waals surface area contributed by atoms with E-state index in [1.165, 1.54) is 0 Å². The fraction of sp³-hybridized carbons (Fsp3) is 0.357. The Morgan fingerprint density at radius 2 is 1.88 bits per heavy atom. The van der Waals surface area contributed by atoms with Crippen LogP contribution in [0.2, 0.25) is 0 Å². The second-order valence-electron chi connectivity index (χ2n) is 5.31. The summed E-state index contributed by atoms with van der Waals surface area (Å²) in [6.45, 7) is -0.374. The van der Waals surface area contributed by atoms with Gasteiger partial charge in [0, 0.05) is 6.42 Å². The molecule has 1 aromatic heterocycles. The van der Waals surface area contributed by atoms with Gasteiger partial charge in [-0.2, -0.15) is 18.2 Å². The molecule has 2 aromatic rings. The molecule has 0 radical (unpaired) electrons. The van der Waals surface area contributed by atoms with Gasteiger partial charge in [-0.25, -0.2) is 8.42 Å². The molecule has 0 spiro atoms. The minimum atomic E-state index is -4.54. The van der Waals surface area contributed by atoms with E-state index >= 15 is 0 Å². The summed E-state index contributed by atoms with van der Waals surface area (Å²) in [4.78, 5) is 14.4. The number of alkyl halides is 3. The number of aliphatic carboxylic acids is 1. The topological polar surface area (TPSA) is 114 Å². The fourth-order valence-corrected chi connectivity index (χ4v) is 2.87. The van der Waals surface area contributed by atoms with Gasteiger partial charge in [-0.3, -0.25) is 9.10 Å². The van der Waals surface area contributed by atoms with Crippen molar-refractivity contribution in [3.05, 3.63) is 41.5 Å². The first-order valence-electron chi connectivity index (χ1n) is 7.15. The maximum absolute atomic E-state index is 12.6. The van der Waals surface area contributed by atoms with Gasteiger partial charge >= 0.3 is 12.1 Å². The standard InChI is InChI=1S/C14H14F3N3O5S/c1-26(23,24)20(10-4-2-9(3-5-10)14(15,16)17)8-11-18-12(25-19-11)6-7-13(21)22/h2-5H,6-8H2,1H3,(H,21,22). The molecule has 12 heteroatoms. The van der Waals surface area contributed by atoms with Crippen LogP contribution in [0.4, 0.5) is 18.9 Å². The van der Waals surface area contributed by atoms with Gasteiger partial charge in [0.1, 0.15) is 0 Å². The Hall–Kier alpha value is -2.63. The van der Waals surface area contributed by atoms with Gasteiger partial charge in [0.05, 0.1) is 30.5 Å². The highest BCUT2D eigenvalue weighted by Gasteiger charge is 2.30. The molecule has 0 amide bonds. The van der Waals surface area contributed by atoms with E-state index < -0.39 is 27.7 Å².